The Bertz CT molecular complexity index is 709. The Labute approximate surface area is 123 Å². The molecule has 1 aliphatic heterocycles. The molecule has 3 nitrogen and oxygen atoms in total. The molecule has 0 spiro atoms. The fraction of sp³-hybridized carbons (Fsp3) is 0.143. The molecule has 0 unspecified atom stereocenters. The fourth-order valence-corrected chi connectivity index (χ4v) is 2.16. The van der Waals surface area contributed by atoms with Crippen LogP contribution in [-0.4, -0.2) is 6.79 Å². The number of nitrogens with one attached hydrogen (secondary N) is 1. The molecular formula is C14H9ClF3NO2. The quantitative estimate of drug-likeness (QED) is 0.865. The molecule has 2 aromatic carbocycles. The van der Waals surface area contributed by atoms with Crippen LogP contribution in [0.1, 0.15) is 5.56 Å². The van der Waals surface area contributed by atoms with Crippen molar-refractivity contribution in [3.05, 3.63) is 52.3 Å². The molecule has 0 amide bonds. The van der Waals surface area contributed by atoms with E-state index >= 15 is 0 Å². The van der Waals surface area contributed by atoms with Crippen molar-refractivity contribution in [2.45, 2.75) is 6.54 Å². The van der Waals surface area contributed by atoms with Crippen LogP contribution in [0.3, 0.4) is 0 Å². The van der Waals surface area contributed by atoms with E-state index in [1.165, 1.54) is 0 Å². The molecular weight excluding hydrogens is 307 g/mol. The molecule has 0 saturated heterocycles. The second kappa shape index (κ2) is 5.37. The highest BCUT2D eigenvalue weighted by atomic mass is 35.5. The van der Waals surface area contributed by atoms with E-state index in [-0.39, 0.29) is 18.9 Å². The fourth-order valence-electron chi connectivity index (χ4n) is 1.94. The van der Waals surface area contributed by atoms with Crippen molar-refractivity contribution in [2.75, 3.05) is 12.1 Å². The minimum atomic E-state index is -1.22. The summed E-state index contributed by atoms with van der Waals surface area (Å²) in [4.78, 5) is 0. The number of halogens is 4. The molecule has 21 heavy (non-hydrogen) atoms. The van der Waals surface area contributed by atoms with Gasteiger partial charge in [-0.25, -0.2) is 13.2 Å². The lowest BCUT2D eigenvalue weighted by Gasteiger charge is -2.10. The second-order valence-corrected chi connectivity index (χ2v) is 4.80. The SMILES string of the molecule is Fc1cc(F)c(CNc2cc3c(cc2Cl)OCO3)cc1F. The molecule has 1 heterocycles. The summed E-state index contributed by atoms with van der Waals surface area (Å²) in [5, 5.41) is 3.20. The van der Waals surface area contributed by atoms with Gasteiger partial charge in [0.05, 0.1) is 10.7 Å². The van der Waals surface area contributed by atoms with Crippen LogP contribution in [-0.2, 0) is 6.54 Å². The van der Waals surface area contributed by atoms with Crippen molar-refractivity contribution in [3.8, 4) is 11.5 Å². The highest BCUT2D eigenvalue weighted by Gasteiger charge is 2.17. The maximum Gasteiger partial charge on any atom is 0.231 e. The van der Waals surface area contributed by atoms with Crippen LogP contribution in [0.2, 0.25) is 5.02 Å². The van der Waals surface area contributed by atoms with Gasteiger partial charge in [0, 0.05) is 30.3 Å². The van der Waals surface area contributed by atoms with Crippen molar-refractivity contribution in [1.29, 1.82) is 0 Å². The highest BCUT2D eigenvalue weighted by Crippen LogP contribution is 2.39. The smallest absolute Gasteiger partial charge is 0.231 e. The van der Waals surface area contributed by atoms with Crippen LogP contribution < -0.4 is 14.8 Å². The van der Waals surface area contributed by atoms with E-state index in [0.717, 1.165) is 6.07 Å². The summed E-state index contributed by atoms with van der Waals surface area (Å²) in [6.07, 6.45) is 0. The van der Waals surface area contributed by atoms with Crippen LogP contribution in [0.15, 0.2) is 24.3 Å². The predicted octanol–water partition coefficient (Wildman–Crippen LogP) is 4.10. The average molecular weight is 316 g/mol. The third-order valence-electron chi connectivity index (χ3n) is 3.02. The molecule has 3 rings (SSSR count). The van der Waals surface area contributed by atoms with Gasteiger partial charge >= 0.3 is 0 Å². The summed E-state index contributed by atoms with van der Waals surface area (Å²) in [5.41, 5.74) is 0.465. The first kappa shape index (κ1) is 13.9. The Morgan fingerprint density at radius 3 is 2.38 bits per heavy atom. The lowest BCUT2D eigenvalue weighted by atomic mass is 10.2. The van der Waals surface area contributed by atoms with Crippen molar-refractivity contribution in [3.63, 3.8) is 0 Å². The largest absolute Gasteiger partial charge is 0.454 e. The van der Waals surface area contributed by atoms with Gasteiger partial charge < -0.3 is 14.8 Å². The average Bonchev–Trinajstić information content (AvgIpc) is 2.88. The third kappa shape index (κ3) is 2.71. The Morgan fingerprint density at radius 1 is 0.952 bits per heavy atom. The minimum Gasteiger partial charge on any atom is -0.454 e. The second-order valence-electron chi connectivity index (χ2n) is 4.40. The van der Waals surface area contributed by atoms with Crippen LogP contribution >= 0.6 is 11.6 Å². The first-order chi connectivity index (χ1) is 10.0. The van der Waals surface area contributed by atoms with E-state index in [1.54, 1.807) is 12.1 Å². The highest BCUT2D eigenvalue weighted by molar-refractivity contribution is 6.33. The predicted molar refractivity (Wildman–Crippen MR) is 71.2 cm³/mol. The maximum absolute atomic E-state index is 13.5. The number of ether oxygens (including phenoxy) is 2. The summed E-state index contributed by atoms with van der Waals surface area (Å²) in [6, 6.07) is 4.47. The van der Waals surface area contributed by atoms with E-state index in [1.807, 2.05) is 0 Å². The zero-order chi connectivity index (χ0) is 15.0. The first-order valence-electron chi connectivity index (χ1n) is 6.01. The van der Waals surface area contributed by atoms with Crippen molar-refractivity contribution in [2.24, 2.45) is 0 Å². The molecule has 0 aliphatic carbocycles. The number of anilines is 1. The number of hydrogen-bond acceptors (Lipinski definition) is 3. The van der Waals surface area contributed by atoms with E-state index in [0.29, 0.717) is 28.3 Å². The summed E-state index contributed by atoms with van der Waals surface area (Å²) in [7, 11) is 0. The van der Waals surface area contributed by atoms with Crippen molar-refractivity contribution in [1.82, 2.24) is 0 Å². The lowest BCUT2D eigenvalue weighted by Crippen LogP contribution is -2.04. The van der Waals surface area contributed by atoms with Crippen LogP contribution in [0.5, 0.6) is 11.5 Å². The van der Waals surface area contributed by atoms with Crippen molar-refractivity contribution >= 4 is 17.3 Å². The van der Waals surface area contributed by atoms with Crippen molar-refractivity contribution < 1.29 is 22.6 Å². The number of rotatable bonds is 3. The molecule has 2 aromatic rings. The standard InChI is InChI=1S/C14H9ClF3NO2/c15-8-2-13-14(21-6-20-13)4-12(8)19-5-7-1-10(17)11(18)3-9(7)16/h1-4,19H,5-6H2. The van der Waals surface area contributed by atoms with Gasteiger partial charge in [0.15, 0.2) is 23.1 Å². The Hall–Kier alpha value is -2.08. The summed E-state index contributed by atoms with van der Waals surface area (Å²) >= 11 is 6.04. The number of hydrogen-bond donors (Lipinski definition) is 1. The van der Waals surface area contributed by atoms with Crippen LogP contribution in [0.4, 0.5) is 18.9 Å². The van der Waals surface area contributed by atoms with Gasteiger partial charge in [0.2, 0.25) is 6.79 Å². The number of benzene rings is 2. The normalized spacial score (nSPS) is 12.6. The molecule has 0 fully saturated rings. The van der Waals surface area contributed by atoms with Crippen LogP contribution in [0, 0.1) is 17.5 Å². The van der Waals surface area contributed by atoms with Gasteiger partial charge in [0.25, 0.3) is 0 Å². The van der Waals surface area contributed by atoms with Gasteiger partial charge in [0.1, 0.15) is 5.82 Å². The van der Waals surface area contributed by atoms with E-state index < -0.39 is 17.5 Å². The van der Waals surface area contributed by atoms with Crippen LogP contribution in [0.25, 0.3) is 0 Å². The lowest BCUT2D eigenvalue weighted by molar-refractivity contribution is 0.174. The molecule has 0 atom stereocenters. The van der Waals surface area contributed by atoms with Gasteiger partial charge in [-0.05, 0) is 6.07 Å². The molecule has 1 aliphatic rings. The zero-order valence-corrected chi connectivity index (χ0v) is 11.3. The molecule has 0 radical (unpaired) electrons. The van der Waals surface area contributed by atoms with E-state index in [2.05, 4.69) is 5.32 Å². The Morgan fingerprint density at radius 2 is 1.62 bits per heavy atom. The van der Waals surface area contributed by atoms with E-state index in [4.69, 9.17) is 21.1 Å². The molecule has 1 N–H and O–H groups in total. The summed E-state index contributed by atoms with van der Waals surface area (Å²) in [5.74, 6) is -2.14. The topological polar surface area (TPSA) is 30.5 Å². The molecule has 0 bridgehead atoms. The monoisotopic (exact) mass is 315 g/mol. The first-order valence-corrected chi connectivity index (χ1v) is 6.39. The van der Waals surface area contributed by atoms with Gasteiger partial charge in [-0.2, -0.15) is 0 Å². The molecule has 110 valence electrons. The molecule has 0 aromatic heterocycles. The Kier molecular flexibility index (Phi) is 3.55. The van der Waals surface area contributed by atoms with Gasteiger partial charge in [-0.3, -0.25) is 0 Å². The third-order valence-corrected chi connectivity index (χ3v) is 3.33. The Balaban J connectivity index is 1.81. The number of fused-ring (bicyclic) bond motifs is 1. The van der Waals surface area contributed by atoms with Gasteiger partial charge in [-0.15, -0.1) is 0 Å². The summed E-state index contributed by atoms with van der Waals surface area (Å²) < 4.78 is 49.9. The molecule has 7 heteroatoms. The van der Waals surface area contributed by atoms with E-state index in [9.17, 15) is 13.2 Å². The van der Waals surface area contributed by atoms with Gasteiger partial charge in [-0.1, -0.05) is 11.6 Å². The zero-order valence-electron chi connectivity index (χ0n) is 10.6. The minimum absolute atomic E-state index is 0.0115. The molecule has 0 saturated carbocycles. The maximum atomic E-state index is 13.5. The summed E-state index contributed by atoms with van der Waals surface area (Å²) in [6.45, 7) is 0.0509.